The molecule has 0 atom stereocenters. The maximum Gasteiger partial charge on any atom is 0.271 e. The topological polar surface area (TPSA) is 82.9 Å². The van der Waals surface area contributed by atoms with Gasteiger partial charge in [0.2, 0.25) is 0 Å². The molecule has 0 aliphatic carbocycles. The van der Waals surface area contributed by atoms with Crippen molar-refractivity contribution in [3.8, 4) is 0 Å². The third kappa shape index (κ3) is 6.55. The summed E-state index contributed by atoms with van der Waals surface area (Å²) < 4.78 is 0. The second kappa shape index (κ2) is 11.1. The highest BCUT2D eigenvalue weighted by molar-refractivity contribution is 6.36. The second-order valence-electron chi connectivity index (χ2n) is 6.31. The molecule has 3 rings (SSSR count). The van der Waals surface area contributed by atoms with Crippen LogP contribution in [0.3, 0.4) is 0 Å². The fourth-order valence-corrected chi connectivity index (χ4v) is 3.35. The quantitative estimate of drug-likeness (QED) is 0.325. The van der Waals surface area contributed by atoms with Crippen molar-refractivity contribution in [1.82, 2.24) is 10.9 Å². The minimum absolute atomic E-state index is 0.317. The van der Waals surface area contributed by atoms with Gasteiger partial charge in [-0.2, -0.15) is 10.2 Å². The Kier molecular flexibility index (Phi) is 8.25. The Morgan fingerprint density at radius 3 is 1.34 bits per heavy atom. The molecule has 0 bridgehead atoms. The zero-order valence-electron chi connectivity index (χ0n) is 16.2. The molecule has 0 radical (unpaired) electrons. The van der Waals surface area contributed by atoms with E-state index in [1.165, 1.54) is 36.7 Å². The summed E-state index contributed by atoms with van der Waals surface area (Å²) in [5.41, 5.74) is 6.62. The molecule has 0 saturated heterocycles. The average molecular weight is 508 g/mol. The molecule has 32 heavy (non-hydrogen) atoms. The van der Waals surface area contributed by atoms with Gasteiger partial charge < -0.3 is 0 Å². The minimum Gasteiger partial charge on any atom is -0.267 e. The van der Waals surface area contributed by atoms with Crippen molar-refractivity contribution in [2.45, 2.75) is 0 Å². The lowest BCUT2D eigenvalue weighted by atomic mass is 10.1. The third-order valence-corrected chi connectivity index (χ3v) is 5.20. The van der Waals surface area contributed by atoms with E-state index in [4.69, 9.17) is 46.4 Å². The van der Waals surface area contributed by atoms with Gasteiger partial charge in [-0.3, -0.25) is 9.59 Å². The van der Waals surface area contributed by atoms with E-state index in [9.17, 15) is 9.59 Å². The lowest BCUT2D eigenvalue weighted by molar-refractivity contribution is 0.0943. The summed E-state index contributed by atoms with van der Waals surface area (Å²) in [7, 11) is 0. The highest BCUT2D eigenvalue weighted by Crippen LogP contribution is 2.20. The monoisotopic (exact) mass is 506 g/mol. The first-order valence-corrected chi connectivity index (χ1v) is 10.5. The van der Waals surface area contributed by atoms with E-state index in [-0.39, 0.29) is 0 Å². The standard InChI is InChI=1S/C22H14Cl4N4O2/c23-17-7-5-15(19(25)9-17)11-27-29-21(31)13-1-2-14(4-3-13)22(32)30-28-12-16-6-8-18(24)10-20(16)26/h1-12H,(H,29,31)(H,30,32)/b27-11-,28-12-. The summed E-state index contributed by atoms with van der Waals surface area (Å²) in [6.45, 7) is 0. The first-order valence-electron chi connectivity index (χ1n) is 9.00. The lowest BCUT2D eigenvalue weighted by Gasteiger charge is -2.03. The molecular weight excluding hydrogens is 494 g/mol. The van der Waals surface area contributed by atoms with Crippen molar-refractivity contribution in [2.24, 2.45) is 10.2 Å². The summed E-state index contributed by atoms with van der Waals surface area (Å²) >= 11 is 23.8. The van der Waals surface area contributed by atoms with Crippen LogP contribution in [0.25, 0.3) is 0 Å². The van der Waals surface area contributed by atoms with Gasteiger partial charge in [-0.15, -0.1) is 0 Å². The van der Waals surface area contributed by atoms with Crippen LogP contribution in [0.15, 0.2) is 70.9 Å². The molecule has 0 spiro atoms. The summed E-state index contributed by atoms with van der Waals surface area (Å²) in [4.78, 5) is 24.4. The van der Waals surface area contributed by atoms with Crippen LogP contribution in [0.2, 0.25) is 20.1 Å². The predicted octanol–water partition coefficient (Wildman–Crippen LogP) is 5.83. The van der Waals surface area contributed by atoms with Crippen molar-refractivity contribution in [1.29, 1.82) is 0 Å². The maximum atomic E-state index is 12.2. The number of carbonyl (C=O) groups is 2. The van der Waals surface area contributed by atoms with E-state index in [1.807, 2.05) is 0 Å². The lowest BCUT2D eigenvalue weighted by Crippen LogP contribution is -2.19. The average Bonchev–Trinajstić information content (AvgIpc) is 2.76. The van der Waals surface area contributed by atoms with Crippen LogP contribution < -0.4 is 10.9 Å². The molecule has 3 aromatic carbocycles. The number of benzene rings is 3. The minimum atomic E-state index is -0.450. The van der Waals surface area contributed by atoms with Crippen molar-refractivity contribution < 1.29 is 9.59 Å². The molecule has 0 aliphatic heterocycles. The Bertz CT molecular complexity index is 1120. The van der Waals surface area contributed by atoms with Crippen molar-refractivity contribution in [2.75, 3.05) is 0 Å². The van der Waals surface area contributed by atoms with Gasteiger partial charge in [0, 0.05) is 32.3 Å². The van der Waals surface area contributed by atoms with E-state index in [2.05, 4.69) is 21.1 Å². The molecule has 6 nitrogen and oxygen atoms in total. The fourth-order valence-electron chi connectivity index (χ4n) is 2.44. The SMILES string of the molecule is O=C(N/N=C\c1ccc(Cl)cc1Cl)c1ccc(C(=O)N/N=C\c2ccc(Cl)cc2Cl)cc1. The Balaban J connectivity index is 1.56. The molecule has 0 fully saturated rings. The van der Waals surface area contributed by atoms with Gasteiger partial charge in [-0.1, -0.05) is 58.5 Å². The van der Waals surface area contributed by atoms with Gasteiger partial charge in [-0.25, -0.2) is 10.9 Å². The van der Waals surface area contributed by atoms with Gasteiger partial charge in [0.25, 0.3) is 11.8 Å². The molecule has 0 saturated carbocycles. The molecule has 0 unspecified atom stereocenters. The highest BCUT2D eigenvalue weighted by atomic mass is 35.5. The number of rotatable bonds is 6. The number of amides is 2. The number of nitrogens with zero attached hydrogens (tertiary/aromatic N) is 2. The van der Waals surface area contributed by atoms with Crippen molar-refractivity contribution >= 4 is 70.6 Å². The zero-order valence-corrected chi connectivity index (χ0v) is 19.2. The van der Waals surface area contributed by atoms with Crippen LogP contribution >= 0.6 is 46.4 Å². The van der Waals surface area contributed by atoms with Gasteiger partial charge in [-0.05, 0) is 48.5 Å². The largest absolute Gasteiger partial charge is 0.271 e. The first-order chi connectivity index (χ1) is 15.3. The van der Waals surface area contributed by atoms with Crippen LogP contribution in [0.5, 0.6) is 0 Å². The van der Waals surface area contributed by atoms with E-state index in [1.54, 1.807) is 36.4 Å². The summed E-state index contributed by atoms with van der Waals surface area (Å²) in [6, 6.07) is 15.8. The molecule has 2 N–H and O–H groups in total. The number of halogens is 4. The zero-order chi connectivity index (χ0) is 23.1. The second-order valence-corrected chi connectivity index (χ2v) is 7.99. The third-order valence-electron chi connectivity index (χ3n) is 4.07. The van der Waals surface area contributed by atoms with E-state index >= 15 is 0 Å². The van der Waals surface area contributed by atoms with E-state index in [0.29, 0.717) is 42.3 Å². The molecule has 3 aromatic rings. The molecule has 0 aromatic heterocycles. The van der Waals surface area contributed by atoms with Crippen molar-refractivity contribution in [3.63, 3.8) is 0 Å². The molecule has 0 aliphatic rings. The summed E-state index contributed by atoms with van der Waals surface area (Å²) in [5.74, 6) is -0.901. The maximum absolute atomic E-state index is 12.2. The number of nitrogens with one attached hydrogen (secondary N) is 2. The Labute approximate surface area is 203 Å². The molecule has 0 heterocycles. The predicted molar refractivity (Wildman–Crippen MR) is 129 cm³/mol. The van der Waals surface area contributed by atoms with Crippen LogP contribution in [0.1, 0.15) is 31.8 Å². The number of hydrazone groups is 2. The molecular formula is C22H14Cl4N4O2. The first kappa shape index (κ1) is 23.8. The van der Waals surface area contributed by atoms with E-state index in [0.717, 1.165) is 0 Å². The van der Waals surface area contributed by atoms with Crippen LogP contribution in [-0.2, 0) is 0 Å². The smallest absolute Gasteiger partial charge is 0.267 e. The van der Waals surface area contributed by atoms with Crippen LogP contribution in [0.4, 0.5) is 0 Å². The summed E-state index contributed by atoms with van der Waals surface area (Å²) in [5, 5.41) is 9.57. The van der Waals surface area contributed by atoms with Gasteiger partial charge in [0.1, 0.15) is 0 Å². The number of carbonyl (C=O) groups excluding carboxylic acids is 2. The Hall–Kier alpha value is -2.90. The Morgan fingerprint density at radius 2 is 1.00 bits per heavy atom. The highest BCUT2D eigenvalue weighted by Gasteiger charge is 2.08. The van der Waals surface area contributed by atoms with Gasteiger partial charge in [0.05, 0.1) is 22.5 Å². The van der Waals surface area contributed by atoms with Crippen LogP contribution in [-0.4, -0.2) is 24.2 Å². The normalized spacial score (nSPS) is 11.1. The number of hydrogen-bond donors (Lipinski definition) is 2. The van der Waals surface area contributed by atoms with Crippen LogP contribution in [0, 0.1) is 0 Å². The molecule has 2 amide bonds. The van der Waals surface area contributed by atoms with Gasteiger partial charge >= 0.3 is 0 Å². The molecule has 162 valence electrons. The Morgan fingerprint density at radius 1 is 0.625 bits per heavy atom. The van der Waals surface area contributed by atoms with Crippen molar-refractivity contribution in [3.05, 3.63) is 103 Å². The fraction of sp³-hybridized carbons (Fsp3) is 0. The molecule has 10 heteroatoms. The van der Waals surface area contributed by atoms with E-state index < -0.39 is 11.8 Å². The summed E-state index contributed by atoms with van der Waals surface area (Å²) in [6.07, 6.45) is 2.81. The number of hydrogen-bond acceptors (Lipinski definition) is 4. The van der Waals surface area contributed by atoms with Gasteiger partial charge in [0.15, 0.2) is 0 Å².